The predicted molar refractivity (Wildman–Crippen MR) is 50.2 cm³/mol. The third-order valence-corrected chi connectivity index (χ3v) is 3.45. The Bertz CT molecular complexity index is 178. The van der Waals surface area contributed by atoms with E-state index in [0.717, 1.165) is 39.0 Å². The zero-order valence-electron chi connectivity index (χ0n) is 8.29. The second-order valence-corrected chi connectivity index (χ2v) is 4.32. The molecule has 3 nitrogen and oxygen atoms in total. The standard InChI is InChI=1S/C10H19NO2/c1-8-6-10(12-4-5-13-10)3-2-9(8)7-11/h8-9H,2-7,11H2,1H3/t8-,9+/m0/s1. The highest BCUT2D eigenvalue weighted by atomic mass is 16.7. The molecule has 0 bridgehead atoms. The molecule has 1 heterocycles. The first-order valence-corrected chi connectivity index (χ1v) is 5.24. The van der Waals surface area contributed by atoms with Gasteiger partial charge in [-0.05, 0) is 24.8 Å². The number of rotatable bonds is 1. The molecule has 1 aliphatic heterocycles. The van der Waals surface area contributed by atoms with Gasteiger partial charge in [-0.1, -0.05) is 6.92 Å². The van der Waals surface area contributed by atoms with Crippen molar-refractivity contribution in [2.24, 2.45) is 17.6 Å². The highest BCUT2D eigenvalue weighted by Crippen LogP contribution is 2.40. The lowest BCUT2D eigenvalue weighted by Gasteiger charge is -2.39. The molecule has 2 aliphatic rings. The Morgan fingerprint density at radius 3 is 2.62 bits per heavy atom. The fourth-order valence-electron chi connectivity index (χ4n) is 2.56. The summed E-state index contributed by atoms with van der Waals surface area (Å²) in [5, 5.41) is 0. The summed E-state index contributed by atoms with van der Waals surface area (Å²) in [4.78, 5) is 0. The molecule has 2 fully saturated rings. The van der Waals surface area contributed by atoms with E-state index in [4.69, 9.17) is 15.2 Å². The molecule has 3 heteroatoms. The predicted octanol–water partition coefficient (Wildman–Crippen LogP) is 1.12. The van der Waals surface area contributed by atoms with Gasteiger partial charge in [-0.25, -0.2) is 0 Å². The van der Waals surface area contributed by atoms with Gasteiger partial charge in [0, 0.05) is 12.8 Å². The van der Waals surface area contributed by atoms with E-state index in [0.29, 0.717) is 11.8 Å². The summed E-state index contributed by atoms with van der Waals surface area (Å²) < 4.78 is 11.4. The molecule has 13 heavy (non-hydrogen) atoms. The molecule has 2 N–H and O–H groups in total. The van der Waals surface area contributed by atoms with Gasteiger partial charge in [0.05, 0.1) is 13.2 Å². The quantitative estimate of drug-likeness (QED) is 0.666. The topological polar surface area (TPSA) is 44.5 Å². The van der Waals surface area contributed by atoms with Gasteiger partial charge in [0.1, 0.15) is 0 Å². The summed E-state index contributed by atoms with van der Waals surface area (Å²) in [5.74, 6) is 1.07. The number of hydrogen-bond acceptors (Lipinski definition) is 3. The van der Waals surface area contributed by atoms with E-state index >= 15 is 0 Å². The van der Waals surface area contributed by atoms with Gasteiger partial charge in [-0.15, -0.1) is 0 Å². The van der Waals surface area contributed by atoms with Crippen molar-refractivity contribution < 1.29 is 9.47 Å². The fraction of sp³-hybridized carbons (Fsp3) is 1.00. The van der Waals surface area contributed by atoms with Gasteiger partial charge in [0.25, 0.3) is 0 Å². The van der Waals surface area contributed by atoms with E-state index in [2.05, 4.69) is 6.92 Å². The van der Waals surface area contributed by atoms with Crippen molar-refractivity contribution >= 4 is 0 Å². The molecule has 0 radical (unpaired) electrons. The number of hydrogen-bond donors (Lipinski definition) is 1. The van der Waals surface area contributed by atoms with Crippen LogP contribution in [0.3, 0.4) is 0 Å². The summed E-state index contributed by atoms with van der Waals surface area (Å²) in [6, 6.07) is 0. The van der Waals surface area contributed by atoms with Crippen molar-refractivity contribution in [2.45, 2.75) is 32.0 Å². The van der Waals surface area contributed by atoms with E-state index in [1.54, 1.807) is 0 Å². The Hall–Kier alpha value is -0.120. The van der Waals surface area contributed by atoms with Crippen LogP contribution in [0.15, 0.2) is 0 Å². The van der Waals surface area contributed by atoms with Crippen LogP contribution >= 0.6 is 0 Å². The van der Waals surface area contributed by atoms with Crippen molar-refractivity contribution in [3.05, 3.63) is 0 Å². The molecule has 1 saturated carbocycles. The monoisotopic (exact) mass is 185 g/mol. The van der Waals surface area contributed by atoms with Crippen LogP contribution in [0.2, 0.25) is 0 Å². The summed E-state index contributed by atoms with van der Waals surface area (Å²) >= 11 is 0. The molecule has 2 atom stereocenters. The Balaban J connectivity index is 1.97. The first kappa shape index (κ1) is 9.44. The van der Waals surface area contributed by atoms with Crippen LogP contribution in [0.25, 0.3) is 0 Å². The van der Waals surface area contributed by atoms with Crippen LogP contribution in [0.5, 0.6) is 0 Å². The van der Waals surface area contributed by atoms with Crippen molar-refractivity contribution in [2.75, 3.05) is 19.8 Å². The lowest BCUT2D eigenvalue weighted by molar-refractivity contribution is -0.192. The zero-order chi connectivity index (χ0) is 9.31. The Labute approximate surface area is 79.6 Å². The second kappa shape index (κ2) is 3.56. The SMILES string of the molecule is C[C@H]1CC2(CC[C@@H]1CN)OCCO2. The summed E-state index contributed by atoms with van der Waals surface area (Å²) in [7, 11) is 0. The van der Waals surface area contributed by atoms with Crippen LogP contribution < -0.4 is 5.73 Å². The molecule has 0 amide bonds. The minimum absolute atomic E-state index is 0.231. The molecule has 76 valence electrons. The zero-order valence-corrected chi connectivity index (χ0v) is 8.29. The first-order valence-electron chi connectivity index (χ1n) is 5.24. The van der Waals surface area contributed by atoms with Crippen molar-refractivity contribution in [1.29, 1.82) is 0 Å². The second-order valence-electron chi connectivity index (χ2n) is 4.32. The molecule has 1 saturated heterocycles. The maximum absolute atomic E-state index is 5.70. The molecule has 0 aromatic rings. The largest absolute Gasteiger partial charge is 0.348 e. The van der Waals surface area contributed by atoms with Crippen LogP contribution in [-0.2, 0) is 9.47 Å². The first-order chi connectivity index (χ1) is 6.26. The average Bonchev–Trinajstić information content (AvgIpc) is 2.54. The van der Waals surface area contributed by atoms with Crippen LogP contribution in [-0.4, -0.2) is 25.5 Å². The molecule has 2 rings (SSSR count). The molecule has 1 spiro atoms. The Kier molecular flexibility index (Phi) is 2.58. The summed E-state index contributed by atoms with van der Waals surface area (Å²) in [6.07, 6.45) is 3.20. The molecule has 1 aliphatic carbocycles. The molecular weight excluding hydrogens is 166 g/mol. The average molecular weight is 185 g/mol. The summed E-state index contributed by atoms with van der Waals surface area (Å²) in [5.41, 5.74) is 5.70. The molecule has 0 unspecified atom stereocenters. The highest BCUT2D eigenvalue weighted by Gasteiger charge is 2.42. The Morgan fingerprint density at radius 1 is 1.38 bits per heavy atom. The minimum atomic E-state index is -0.231. The molecular formula is C10H19NO2. The van der Waals surface area contributed by atoms with Gasteiger partial charge in [-0.2, -0.15) is 0 Å². The van der Waals surface area contributed by atoms with Crippen molar-refractivity contribution in [3.8, 4) is 0 Å². The van der Waals surface area contributed by atoms with E-state index < -0.39 is 0 Å². The van der Waals surface area contributed by atoms with Gasteiger partial charge in [0.2, 0.25) is 0 Å². The van der Waals surface area contributed by atoms with Crippen LogP contribution in [0.4, 0.5) is 0 Å². The van der Waals surface area contributed by atoms with Crippen LogP contribution in [0, 0.1) is 11.8 Å². The van der Waals surface area contributed by atoms with Gasteiger partial charge < -0.3 is 15.2 Å². The van der Waals surface area contributed by atoms with E-state index in [1.165, 1.54) is 0 Å². The molecule has 0 aromatic carbocycles. The van der Waals surface area contributed by atoms with E-state index in [9.17, 15) is 0 Å². The van der Waals surface area contributed by atoms with E-state index in [1.807, 2.05) is 0 Å². The third-order valence-electron chi connectivity index (χ3n) is 3.45. The third kappa shape index (κ3) is 1.73. The van der Waals surface area contributed by atoms with Gasteiger partial charge in [-0.3, -0.25) is 0 Å². The van der Waals surface area contributed by atoms with Gasteiger partial charge in [0.15, 0.2) is 5.79 Å². The number of nitrogens with two attached hydrogens (primary N) is 1. The van der Waals surface area contributed by atoms with Crippen molar-refractivity contribution in [1.82, 2.24) is 0 Å². The Morgan fingerprint density at radius 2 is 2.08 bits per heavy atom. The summed E-state index contributed by atoms with van der Waals surface area (Å²) in [6.45, 7) is 4.58. The normalized spacial score (nSPS) is 38.3. The van der Waals surface area contributed by atoms with Gasteiger partial charge >= 0.3 is 0 Å². The fourth-order valence-corrected chi connectivity index (χ4v) is 2.56. The van der Waals surface area contributed by atoms with E-state index in [-0.39, 0.29) is 5.79 Å². The molecule has 0 aromatic heterocycles. The maximum atomic E-state index is 5.70. The smallest absolute Gasteiger partial charge is 0.168 e. The number of ether oxygens (including phenoxy) is 2. The maximum Gasteiger partial charge on any atom is 0.168 e. The highest BCUT2D eigenvalue weighted by molar-refractivity contribution is 4.86. The van der Waals surface area contributed by atoms with Crippen molar-refractivity contribution in [3.63, 3.8) is 0 Å². The van der Waals surface area contributed by atoms with Crippen LogP contribution in [0.1, 0.15) is 26.2 Å². The lowest BCUT2D eigenvalue weighted by atomic mass is 9.77. The minimum Gasteiger partial charge on any atom is -0.348 e. The lowest BCUT2D eigenvalue weighted by Crippen LogP contribution is -2.41.